The number of nitrogens with one attached hydrogen (secondary N) is 2. The topological polar surface area (TPSA) is 80.9 Å². The Morgan fingerprint density at radius 2 is 1.90 bits per heavy atom. The van der Waals surface area contributed by atoms with Gasteiger partial charge in [0.15, 0.2) is 11.7 Å². The molecule has 0 radical (unpaired) electrons. The van der Waals surface area contributed by atoms with E-state index in [2.05, 4.69) is 20.8 Å². The van der Waals surface area contributed by atoms with Crippen molar-refractivity contribution in [1.82, 2.24) is 10.5 Å². The van der Waals surface area contributed by atoms with Gasteiger partial charge >= 0.3 is 0 Å². The SMILES string of the molecule is CN=C(NCc1cc(-c2ccccc2)on1)Nc1cccc(OCCCOC)c1.I. The number of hydrogen-bond acceptors (Lipinski definition) is 5. The molecule has 1 heterocycles. The van der Waals surface area contributed by atoms with Crippen LogP contribution in [0.1, 0.15) is 12.1 Å². The summed E-state index contributed by atoms with van der Waals surface area (Å²) in [6.45, 7) is 1.78. The standard InChI is InChI=1S/C22H26N4O3.HI/c1-23-22(25-18-10-6-11-20(14-18)28-13-7-12-27-2)24-16-19-15-21(29-26-19)17-8-4-3-5-9-17;/h3-6,8-11,14-15H,7,12-13,16H2,1-2H3,(H2,23,24,25);1H. The summed E-state index contributed by atoms with van der Waals surface area (Å²) >= 11 is 0. The predicted molar refractivity (Wildman–Crippen MR) is 130 cm³/mol. The number of halogens is 1. The number of hydrogen-bond donors (Lipinski definition) is 2. The zero-order chi connectivity index (χ0) is 20.3. The van der Waals surface area contributed by atoms with Crippen LogP contribution in [-0.2, 0) is 11.3 Å². The average Bonchev–Trinajstić information content (AvgIpc) is 3.24. The Hall–Kier alpha value is -2.59. The van der Waals surface area contributed by atoms with Gasteiger partial charge in [-0.25, -0.2) is 0 Å². The Labute approximate surface area is 193 Å². The highest BCUT2D eigenvalue weighted by Crippen LogP contribution is 2.20. The molecule has 2 aromatic carbocycles. The van der Waals surface area contributed by atoms with E-state index in [0.717, 1.165) is 34.9 Å². The van der Waals surface area contributed by atoms with Crippen LogP contribution in [0.3, 0.4) is 0 Å². The summed E-state index contributed by atoms with van der Waals surface area (Å²) in [4.78, 5) is 4.26. The molecule has 0 aliphatic heterocycles. The van der Waals surface area contributed by atoms with Gasteiger partial charge in [-0.2, -0.15) is 0 Å². The molecule has 3 aromatic rings. The third kappa shape index (κ3) is 7.34. The predicted octanol–water partition coefficient (Wildman–Crippen LogP) is 4.56. The van der Waals surface area contributed by atoms with Crippen molar-refractivity contribution in [3.05, 3.63) is 66.4 Å². The summed E-state index contributed by atoms with van der Waals surface area (Å²) in [5, 5.41) is 10.6. The molecule has 2 N–H and O–H groups in total. The minimum Gasteiger partial charge on any atom is -0.493 e. The van der Waals surface area contributed by atoms with Crippen molar-refractivity contribution < 1.29 is 14.0 Å². The summed E-state index contributed by atoms with van der Waals surface area (Å²) in [7, 11) is 3.41. The van der Waals surface area contributed by atoms with Crippen molar-refractivity contribution >= 4 is 35.6 Å². The molecule has 1 aromatic heterocycles. The van der Waals surface area contributed by atoms with E-state index in [1.165, 1.54) is 0 Å². The number of ether oxygens (including phenoxy) is 2. The average molecular weight is 522 g/mol. The molecule has 3 rings (SSSR count). The lowest BCUT2D eigenvalue weighted by atomic mass is 10.2. The molecular weight excluding hydrogens is 495 g/mol. The molecule has 0 spiro atoms. The van der Waals surface area contributed by atoms with Crippen LogP contribution in [-0.4, -0.2) is 38.5 Å². The van der Waals surface area contributed by atoms with Gasteiger partial charge in [0, 0.05) is 50.6 Å². The third-order valence-electron chi connectivity index (χ3n) is 4.14. The van der Waals surface area contributed by atoms with E-state index in [9.17, 15) is 0 Å². The van der Waals surface area contributed by atoms with E-state index in [-0.39, 0.29) is 24.0 Å². The highest BCUT2D eigenvalue weighted by Gasteiger charge is 2.07. The molecule has 0 saturated heterocycles. The summed E-state index contributed by atoms with van der Waals surface area (Å²) in [5.41, 5.74) is 2.67. The van der Waals surface area contributed by atoms with E-state index in [1.54, 1.807) is 14.2 Å². The Kier molecular flexibility index (Phi) is 10.2. The van der Waals surface area contributed by atoms with Gasteiger partial charge in [-0.15, -0.1) is 24.0 Å². The molecule has 30 heavy (non-hydrogen) atoms. The summed E-state index contributed by atoms with van der Waals surface area (Å²) in [6.07, 6.45) is 0.847. The second kappa shape index (κ2) is 12.9. The maximum absolute atomic E-state index is 5.74. The lowest BCUT2D eigenvalue weighted by Gasteiger charge is -2.12. The van der Waals surface area contributed by atoms with Gasteiger partial charge in [-0.3, -0.25) is 4.99 Å². The molecule has 0 bridgehead atoms. The Bertz CT molecular complexity index is 916. The number of benzene rings is 2. The van der Waals surface area contributed by atoms with E-state index in [4.69, 9.17) is 14.0 Å². The van der Waals surface area contributed by atoms with Gasteiger partial charge in [-0.05, 0) is 12.1 Å². The zero-order valence-corrected chi connectivity index (χ0v) is 19.5. The third-order valence-corrected chi connectivity index (χ3v) is 4.14. The van der Waals surface area contributed by atoms with Gasteiger partial charge in [0.2, 0.25) is 0 Å². The fraction of sp³-hybridized carbons (Fsp3) is 0.273. The molecule has 0 unspecified atom stereocenters. The van der Waals surface area contributed by atoms with Crippen molar-refractivity contribution in [1.29, 1.82) is 0 Å². The van der Waals surface area contributed by atoms with Gasteiger partial charge in [-0.1, -0.05) is 41.6 Å². The zero-order valence-electron chi connectivity index (χ0n) is 17.1. The first-order valence-corrected chi connectivity index (χ1v) is 9.49. The highest BCUT2D eigenvalue weighted by atomic mass is 127. The van der Waals surface area contributed by atoms with Crippen molar-refractivity contribution in [3.8, 4) is 17.1 Å². The van der Waals surface area contributed by atoms with Crippen LogP contribution in [0.2, 0.25) is 0 Å². The van der Waals surface area contributed by atoms with Gasteiger partial charge in [0.1, 0.15) is 11.4 Å². The Morgan fingerprint density at radius 3 is 2.67 bits per heavy atom. The normalized spacial score (nSPS) is 10.9. The molecule has 7 nitrogen and oxygen atoms in total. The molecule has 0 aliphatic rings. The van der Waals surface area contributed by atoms with Crippen LogP contribution in [0.5, 0.6) is 5.75 Å². The van der Waals surface area contributed by atoms with E-state index in [1.807, 2.05) is 60.7 Å². The summed E-state index contributed by atoms with van der Waals surface area (Å²) in [5.74, 6) is 2.17. The van der Waals surface area contributed by atoms with Crippen LogP contribution in [0, 0.1) is 0 Å². The molecule has 0 amide bonds. The molecule has 0 atom stereocenters. The lowest BCUT2D eigenvalue weighted by Crippen LogP contribution is -2.30. The maximum Gasteiger partial charge on any atom is 0.195 e. The molecule has 0 aliphatic carbocycles. The van der Waals surface area contributed by atoms with Gasteiger partial charge < -0.3 is 24.6 Å². The second-order valence-electron chi connectivity index (χ2n) is 6.32. The molecule has 0 fully saturated rings. The van der Waals surface area contributed by atoms with Crippen molar-refractivity contribution in [2.45, 2.75) is 13.0 Å². The fourth-order valence-corrected chi connectivity index (χ4v) is 2.68. The van der Waals surface area contributed by atoms with Gasteiger partial charge in [0.25, 0.3) is 0 Å². The number of aromatic nitrogens is 1. The summed E-state index contributed by atoms with van der Waals surface area (Å²) < 4.78 is 16.2. The highest BCUT2D eigenvalue weighted by molar-refractivity contribution is 14.0. The number of anilines is 1. The fourth-order valence-electron chi connectivity index (χ4n) is 2.68. The maximum atomic E-state index is 5.74. The summed E-state index contributed by atoms with van der Waals surface area (Å²) in [6, 6.07) is 19.6. The first kappa shape index (κ1) is 23.7. The van der Waals surface area contributed by atoms with Gasteiger partial charge in [0.05, 0.1) is 13.2 Å². The molecular formula is C22H27IN4O3. The van der Waals surface area contributed by atoms with E-state index >= 15 is 0 Å². The monoisotopic (exact) mass is 522 g/mol. The van der Waals surface area contributed by atoms with E-state index in [0.29, 0.717) is 25.7 Å². The van der Waals surface area contributed by atoms with Crippen LogP contribution >= 0.6 is 24.0 Å². The number of rotatable bonds is 9. The van der Waals surface area contributed by atoms with Crippen LogP contribution in [0.25, 0.3) is 11.3 Å². The minimum atomic E-state index is 0. The van der Waals surface area contributed by atoms with Crippen molar-refractivity contribution in [2.75, 3.05) is 32.7 Å². The minimum absolute atomic E-state index is 0. The molecule has 8 heteroatoms. The first-order valence-electron chi connectivity index (χ1n) is 9.49. The first-order chi connectivity index (χ1) is 14.3. The van der Waals surface area contributed by atoms with Crippen molar-refractivity contribution in [3.63, 3.8) is 0 Å². The van der Waals surface area contributed by atoms with Crippen LogP contribution in [0.4, 0.5) is 5.69 Å². The van der Waals surface area contributed by atoms with Crippen LogP contribution < -0.4 is 15.4 Å². The van der Waals surface area contributed by atoms with E-state index < -0.39 is 0 Å². The second-order valence-corrected chi connectivity index (χ2v) is 6.32. The number of nitrogens with zero attached hydrogens (tertiary/aromatic N) is 2. The lowest BCUT2D eigenvalue weighted by molar-refractivity contribution is 0.172. The Balaban J connectivity index is 0.00000320. The van der Waals surface area contributed by atoms with Crippen molar-refractivity contribution in [2.24, 2.45) is 4.99 Å². The Morgan fingerprint density at radius 1 is 1.07 bits per heavy atom. The number of methoxy groups -OCH3 is 1. The number of aliphatic imine (C=N–C) groups is 1. The number of guanidine groups is 1. The molecule has 0 saturated carbocycles. The largest absolute Gasteiger partial charge is 0.493 e. The smallest absolute Gasteiger partial charge is 0.195 e. The quantitative estimate of drug-likeness (QED) is 0.186. The molecule has 160 valence electrons. The van der Waals surface area contributed by atoms with Crippen LogP contribution in [0.15, 0.2) is 70.2 Å².